The number of ether oxygens (including phenoxy) is 4. The van der Waals surface area contributed by atoms with E-state index in [4.69, 9.17) is 18.9 Å². The first-order chi connectivity index (χ1) is 23.4. The molecular weight excluding hydrogens is 624 g/mol. The van der Waals surface area contributed by atoms with E-state index in [1.807, 2.05) is 62.5 Å². The topological polar surface area (TPSA) is 132 Å². The summed E-state index contributed by atoms with van der Waals surface area (Å²) in [4.78, 5) is 25.2. The first kappa shape index (κ1) is 40.4. The summed E-state index contributed by atoms with van der Waals surface area (Å²) in [5.41, 5.74) is -0.0919. The number of hydrogen-bond acceptors (Lipinski definition) is 9. The Bertz CT molecular complexity index is 1240. The summed E-state index contributed by atoms with van der Waals surface area (Å²) in [6.07, 6.45) is 22.7. The van der Waals surface area contributed by atoms with Crippen LogP contribution in [-0.2, 0) is 28.5 Å². The molecular formula is C40H58O9. The molecule has 3 N–H and O–H groups in total. The van der Waals surface area contributed by atoms with E-state index in [0.717, 1.165) is 18.4 Å². The number of carbonyl (C=O) groups is 2. The van der Waals surface area contributed by atoms with Crippen molar-refractivity contribution in [1.82, 2.24) is 0 Å². The molecule has 0 radical (unpaired) electrons. The lowest BCUT2D eigenvalue weighted by Gasteiger charge is -2.47. The van der Waals surface area contributed by atoms with Gasteiger partial charge in [-0.3, -0.25) is 0 Å². The molecule has 0 spiro atoms. The minimum absolute atomic E-state index is 0.0159. The normalized spacial score (nSPS) is 34.4. The van der Waals surface area contributed by atoms with E-state index in [1.54, 1.807) is 18.2 Å². The second kappa shape index (κ2) is 20.6. The number of fused-ring (bicyclic) bond motifs is 4. The van der Waals surface area contributed by atoms with Gasteiger partial charge in [0, 0.05) is 31.3 Å². The average molecular weight is 683 g/mol. The van der Waals surface area contributed by atoms with Crippen LogP contribution in [0.3, 0.4) is 0 Å². The highest BCUT2D eigenvalue weighted by molar-refractivity contribution is 5.82. The molecule has 3 aliphatic heterocycles. The number of hydrogen-bond donors (Lipinski definition) is 3. The van der Waals surface area contributed by atoms with Crippen LogP contribution in [-0.4, -0.2) is 83.2 Å². The Labute approximate surface area is 292 Å². The second-order valence-electron chi connectivity index (χ2n) is 14.1. The third kappa shape index (κ3) is 13.3. The van der Waals surface area contributed by atoms with Crippen molar-refractivity contribution in [2.45, 2.75) is 122 Å². The zero-order valence-corrected chi connectivity index (χ0v) is 29.7. The minimum Gasteiger partial charge on any atom is -0.459 e. The molecule has 2 saturated heterocycles. The van der Waals surface area contributed by atoms with E-state index in [0.29, 0.717) is 38.0 Å². The highest BCUT2D eigenvalue weighted by Crippen LogP contribution is 2.41. The van der Waals surface area contributed by atoms with Gasteiger partial charge in [0.15, 0.2) is 6.10 Å². The van der Waals surface area contributed by atoms with Crippen molar-refractivity contribution in [3.05, 3.63) is 85.1 Å². The zero-order valence-electron chi connectivity index (χ0n) is 29.7. The van der Waals surface area contributed by atoms with Gasteiger partial charge in [-0.2, -0.15) is 0 Å². The fraction of sp³-hybridized carbons (Fsp3) is 0.600. The van der Waals surface area contributed by atoms with Crippen LogP contribution in [0.25, 0.3) is 0 Å². The summed E-state index contributed by atoms with van der Waals surface area (Å²) in [6, 6.07) is 0. The van der Waals surface area contributed by atoms with Crippen molar-refractivity contribution in [2.24, 2.45) is 17.3 Å². The highest BCUT2D eigenvalue weighted by Gasteiger charge is 2.49. The van der Waals surface area contributed by atoms with Crippen molar-refractivity contribution >= 4 is 11.9 Å². The summed E-state index contributed by atoms with van der Waals surface area (Å²) in [6.45, 7) is 11.8. The summed E-state index contributed by atoms with van der Waals surface area (Å²) >= 11 is 0. The van der Waals surface area contributed by atoms with Crippen molar-refractivity contribution in [2.75, 3.05) is 13.2 Å². The van der Waals surface area contributed by atoms with Gasteiger partial charge in [0.25, 0.3) is 0 Å². The molecule has 0 aromatic rings. The maximum atomic E-state index is 12.9. The van der Waals surface area contributed by atoms with Crippen LogP contribution in [0.5, 0.6) is 0 Å². The number of aliphatic hydroxyl groups excluding tert-OH is 3. The molecule has 0 aromatic carbocycles. The average Bonchev–Trinajstić information content (AvgIpc) is 3.06. The van der Waals surface area contributed by atoms with Crippen molar-refractivity contribution in [3.8, 4) is 0 Å². The third-order valence-electron chi connectivity index (χ3n) is 9.53. The lowest BCUT2D eigenvalue weighted by Crippen LogP contribution is -2.55. The molecule has 3 rings (SSSR count). The number of rotatable bonds is 11. The lowest BCUT2D eigenvalue weighted by molar-refractivity contribution is -0.198. The number of allylic oxidation sites excluding steroid dienone is 6. The van der Waals surface area contributed by atoms with Gasteiger partial charge in [0.2, 0.25) is 0 Å². The van der Waals surface area contributed by atoms with E-state index in [2.05, 4.69) is 20.4 Å². The van der Waals surface area contributed by atoms with Crippen LogP contribution in [0.2, 0.25) is 0 Å². The van der Waals surface area contributed by atoms with Crippen molar-refractivity contribution in [3.63, 3.8) is 0 Å². The summed E-state index contributed by atoms with van der Waals surface area (Å²) in [7, 11) is 0. The van der Waals surface area contributed by atoms with Crippen LogP contribution in [0.1, 0.15) is 79.1 Å². The van der Waals surface area contributed by atoms with Gasteiger partial charge in [-0.15, -0.1) is 0 Å². The lowest BCUT2D eigenvalue weighted by atomic mass is 9.73. The monoisotopic (exact) mass is 682 g/mol. The first-order valence-corrected chi connectivity index (χ1v) is 17.7. The molecule has 9 atom stereocenters. The molecule has 9 nitrogen and oxygen atoms in total. The molecule has 9 unspecified atom stereocenters. The second-order valence-corrected chi connectivity index (χ2v) is 14.1. The number of carbonyl (C=O) groups excluding carboxylic acids is 2. The smallest absolute Gasteiger partial charge is 0.335 e. The van der Waals surface area contributed by atoms with Gasteiger partial charge >= 0.3 is 11.9 Å². The SMILES string of the molecule is C=C(CCC(C)C)COC(=O)C(O)C/C=C/CC1OC2/C=C\C/C=C/C=CC3OC(C/C=C/C=C/C(=O)OC(C2)C1(C)CO)CC(O)C3C. The molecule has 49 heavy (non-hydrogen) atoms. The molecule has 0 aliphatic carbocycles. The largest absolute Gasteiger partial charge is 0.459 e. The molecule has 4 bridgehead atoms. The van der Waals surface area contributed by atoms with Gasteiger partial charge in [0.05, 0.1) is 42.5 Å². The summed E-state index contributed by atoms with van der Waals surface area (Å²) in [5.74, 6) is -0.714. The van der Waals surface area contributed by atoms with E-state index >= 15 is 0 Å². The Balaban J connectivity index is 1.68. The van der Waals surface area contributed by atoms with Gasteiger partial charge < -0.3 is 34.3 Å². The maximum Gasteiger partial charge on any atom is 0.335 e. The van der Waals surface area contributed by atoms with Crippen LogP contribution >= 0.6 is 0 Å². The standard InChI is InChI=1S/C40H58O9/c1-28(2)22-23-29(3)26-46-39(45)33(42)18-14-15-20-36-40(5,27-41)37-25-32(48-36)17-10-7-6-8-12-19-35-30(4)34(43)24-31(47-35)16-11-9-13-21-38(44)49-37/h6,8-15,17,19,21,28,30-37,41-43H,3,7,16,18,20,22-27H2,1-2,4-5H3/b8-6+,11-9+,15-14+,17-10-,19-12?,21-13+. The van der Waals surface area contributed by atoms with Gasteiger partial charge in [-0.1, -0.05) is 101 Å². The Morgan fingerprint density at radius 2 is 1.88 bits per heavy atom. The molecule has 0 amide bonds. The Morgan fingerprint density at radius 3 is 2.63 bits per heavy atom. The van der Waals surface area contributed by atoms with E-state index < -0.39 is 41.8 Å². The third-order valence-corrected chi connectivity index (χ3v) is 9.53. The number of aliphatic hydroxyl groups is 3. The van der Waals surface area contributed by atoms with E-state index in [9.17, 15) is 24.9 Å². The predicted octanol–water partition coefficient (Wildman–Crippen LogP) is 6.02. The molecule has 0 saturated carbocycles. The fourth-order valence-electron chi connectivity index (χ4n) is 6.06. The molecule has 9 heteroatoms. The van der Waals surface area contributed by atoms with Gasteiger partial charge in [-0.05, 0) is 43.6 Å². The Hall–Kier alpha value is -3.08. The highest BCUT2D eigenvalue weighted by atomic mass is 16.6. The Kier molecular flexibility index (Phi) is 16.9. The minimum atomic E-state index is -1.31. The maximum absolute atomic E-state index is 12.9. The van der Waals surface area contributed by atoms with Crippen molar-refractivity contribution in [1.29, 1.82) is 0 Å². The molecule has 272 valence electrons. The Morgan fingerprint density at radius 1 is 1.10 bits per heavy atom. The van der Waals surface area contributed by atoms with Gasteiger partial charge in [0.1, 0.15) is 12.7 Å². The van der Waals surface area contributed by atoms with Crippen molar-refractivity contribution < 1.29 is 43.9 Å². The van der Waals surface area contributed by atoms with Crippen LogP contribution in [0.4, 0.5) is 0 Å². The van der Waals surface area contributed by atoms with Gasteiger partial charge in [-0.25, -0.2) is 9.59 Å². The van der Waals surface area contributed by atoms with Crippen LogP contribution in [0, 0.1) is 17.3 Å². The summed E-state index contributed by atoms with van der Waals surface area (Å²) < 4.78 is 23.8. The van der Waals surface area contributed by atoms with Crippen LogP contribution < -0.4 is 0 Å². The fourth-order valence-corrected chi connectivity index (χ4v) is 6.06. The predicted molar refractivity (Wildman–Crippen MR) is 190 cm³/mol. The first-order valence-electron chi connectivity index (χ1n) is 17.7. The van der Waals surface area contributed by atoms with E-state index in [-0.39, 0.29) is 43.9 Å². The molecule has 3 aliphatic rings. The number of esters is 2. The zero-order chi connectivity index (χ0) is 35.8. The van der Waals surface area contributed by atoms with Crippen LogP contribution in [0.15, 0.2) is 85.1 Å². The molecule has 3 heterocycles. The van der Waals surface area contributed by atoms with E-state index in [1.165, 1.54) is 6.08 Å². The molecule has 2 fully saturated rings. The quantitative estimate of drug-likeness (QED) is 0.177. The molecule has 0 aromatic heterocycles. The summed E-state index contributed by atoms with van der Waals surface area (Å²) in [5, 5.41) is 31.5.